The molecule has 0 fully saturated rings. The van der Waals surface area contributed by atoms with Crippen molar-refractivity contribution in [2.24, 2.45) is 5.73 Å². The molecule has 0 aliphatic heterocycles. The summed E-state index contributed by atoms with van der Waals surface area (Å²) in [4.78, 5) is 0. The number of benzene rings is 2. The number of hydrogen-bond acceptors (Lipinski definition) is 2. The molecule has 0 saturated heterocycles. The van der Waals surface area contributed by atoms with Gasteiger partial charge in [0.1, 0.15) is 11.6 Å². The summed E-state index contributed by atoms with van der Waals surface area (Å²) in [7, 11) is 0. The Morgan fingerprint density at radius 2 is 1.44 bits per heavy atom. The van der Waals surface area contributed by atoms with E-state index in [-0.39, 0.29) is 23.5 Å². The summed E-state index contributed by atoms with van der Waals surface area (Å²) in [6.45, 7) is 0. The maximum Gasteiger partial charge on any atom is 0.573 e. The fourth-order valence-electron chi connectivity index (χ4n) is 2.01. The lowest BCUT2D eigenvalue weighted by atomic mass is 9.98. The monoisotopic (exact) mass is 389 g/mol. The van der Waals surface area contributed by atoms with Crippen LogP contribution in [0.1, 0.15) is 22.7 Å². The van der Waals surface area contributed by atoms with Crippen molar-refractivity contribution < 1.29 is 35.5 Å². The molecule has 25 heavy (non-hydrogen) atoms. The minimum Gasteiger partial charge on any atom is -0.406 e. The first kappa shape index (κ1) is 21.0. The predicted octanol–water partition coefficient (Wildman–Crippen LogP) is 5.21. The smallest absolute Gasteiger partial charge is 0.406 e. The zero-order valence-electron chi connectivity index (χ0n) is 12.2. The second-order valence-electron chi connectivity index (χ2n) is 4.83. The van der Waals surface area contributed by atoms with Gasteiger partial charge in [-0.15, -0.1) is 25.6 Å². The van der Waals surface area contributed by atoms with Crippen LogP contribution in [0.4, 0.5) is 30.7 Å². The maximum absolute atomic E-state index is 13.9. The summed E-state index contributed by atoms with van der Waals surface area (Å²) in [6.07, 6.45) is -9.55. The van der Waals surface area contributed by atoms with E-state index in [4.69, 9.17) is 5.73 Å². The minimum absolute atomic E-state index is 0. The third kappa shape index (κ3) is 5.50. The first-order valence-corrected chi connectivity index (χ1v) is 6.45. The Labute approximate surface area is 143 Å². The predicted molar refractivity (Wildman–Crippen MR) is 77.8 cm³/mol. The van der Waals surface area contributed by atoms with Crippen LogP contribution in [-0.2, 0) is 6.18 Å². The summed E-state index contributed by atoms with van der Waals surface area (Å²) in [6, 6.07) is 5.03. The lowest BCUT2D eigenvalue weighted by molar-refractivity contribution is -0.274. The molecule has 0 aliphatic rings. The van der Waals surface area contributed by atoms with Crippen LogP contribution >= 0.6 is 12.4 Å². The molecule has 0 aromatic heterocycles. The molecule has 2 N–H and O–H groups in total. The molecule has 0 aliphatic carbocycles. The number of alkyl halides is 6. The van der Waals surface area contributed by atoms with Gasteiger partial charge in [0, 0.05) is 5.56 Å². The summed E-state index contributed by atoms with van der Waals surface area (Å²) < 4.78 is 91.2. The molecule has 138 valence electrons. The summed E-state index contributed by atoms with van der Waals surface area (Å²) in [5.74, 6) is -1.65. The second-order valence-corrected chi connectivity index (χ2v) is 4.83. The van der Waals surface area contributed by atoms with E-state index in [9.17, 15) is 30.7 Å². The fourth-order valence-corrected chi connectivity index (χ4v) is 2.01. The van der Waals surface area contributed by atoms with Crippen molar-refractivity contribution in [3.05, 3.63) is 65.0 Å². The van der Waals surface area contributed by atoms with Crippen molar-refractivity contribution in [3.8, 4) is 5.75 Å². The largest absolute Gasteiger partial charge is 0.573 e. The molecule has 10 heteroatoms. The van der Waals surface area contributed by atoms with Crippen LogP contribution in [0, 0.1) is 5.82 Å². The average Bonchev–Trinajstić information content (AvgIpc) is 2.44. The highest BCUT2D eigenvalue weighted by Crippen LogP contribution is 2.32. The first-order valence-electron chi connectivity index (χ1n) is 6.45. The third-order valence-electron chi connectivity index (χ3n) is 3.14. The van der Waals surface area contributed by atoms with E-state index in [1.54, 1.807) is 0 Å². The van der Waals surface area contributed by atoms with Crippen molar-refractivity contribution in [2.75, 3.05) is 0 Å². The Kier molecular flexibility index (Phi) is 6.30. The van der Waals surface area contributed by atoms with Gasteiger partial charge in [-0.05, 0) is 29.8 Å². The maximum atomic E-state index is 13.9. The van der Waals surface area contributed by atoms with Crippen LogP contribution < -0.4 is 10.5 Å². The van der Waals surface area contributed by atoms with Crippen molar-refractivity contribution in [2.45, 2.75) is 18.6 Å². The molecule has 0 spiro atoms. The number of halogens is 8. The standard InChI is InChI=1S/C15H10F7NO.ClH/c16-12-7-9(14(17,18)19)3-6-11(12)13(23)8-1-4-10(5-2-8)24-15(20,21)22;/h1-7,13H,23H2;1H/t13-;/m1./s1. The van der Waals surface area contributed by atoms with Gasteiger partial charge in [0.2, 0.25) is 0 Å². The summed E-state index contributed by atoms with van der Waals surface area (Å²) in [5, 5.41) is 0. The molecule has 0 heterocycles. The van der Waals surface area contributed by atoms with Gasteiger partial charge in [-0.1, -0.05) is 18.2 Å². The SMILES string of the molecule is Cl.N[C@H](c1ccc(OC(F)(F)F)cc1)c1ccc(C(F)(F)F)cc1F. The molecule has 2 nitrogen and oxygen atoms in total. The molecule has 1 atom stereocenters. The Morgan fingerprint density at radius 1 is 0.880 bits per heavy atom. The van der Waals surface area contributed by atoms with Crippen LogP contribution in [0.25, 0.3) is 0 Å². The zero-order chi connectivity index (χ0) is 18.1. The van der Waals surface area contributed by atoms with Crippen LogP contribution in [0.3, 0.4) is 0 Å². The molecular formula is C15H11ClF7NO. The van der Waals surface area contributed by atoms with Crippen LogP contribution in [-0.4, -0.2) is 6.36 Å². The Balaban J connectivity index is 0.00000312. The van der Waals surface area contributed by atoms with Crippen molar-refractivity contribution in [1.29, 1.82) is 0 Å². The molecule has 2 aromatic carbocycles. The highest BCUT2D eigenvalue weighted by molar-refractivity contribution is 5.85. The number of hydrogen-bond donors (Lipinski definition) is 1. The van der Waals surface area contributed by atoms with Crippen molar-refractivity contribution >= 4 is 12.4 Å². The number of nitrogens with two attached hydrogens (primary N) is 1. The van der Waals surface area contributed by atoms with Crippen molar-refractivity contribution in [1.82, 2.24) is 0 Å². The third-order valence-corrected chi connectivity index (χ3v) is 3.14. The molecule has 0 saturated carbocycles. The van der Waals surface area contributed by atoms with Gasteiger partial charge in [0.05, 0.1) is 11.6 Å². The van der Waals surface area contributed by atoms with Gasteiger partial charge in [-0.25, -0.2) is 4.39 Å². The van der Waals surface area contributed by atoms with E-state index in [1.165, 1.54) is 12.1 Å². The average molecular weight is 390 g/mol. The Hall–Kier alpha value is -2.00. The van der Waals surface area contributed by atoms with E-state index < -0.39 is 35.7 Å². The van der Waals surface area contributed by atoms with Gasteiger partial charge in [0.15, 0.2) is 0 Å². The molecule has 0 radical (unpaired) electrons. The molecule has 2 rings (SSSR count). The second kappa shape index (κ2) is 7.49. The van der Waals surface area contributed by atoms with E-state index in [0.29, 0.717) is 12.1 Å². The van der Waals surface area contributed by atoms with E-state index >= 15 is 0 Å². The van der Waals surface area contributed by atoms with Gasteiger partial charge in [0.25, 0.3) is 0 Å². The van der Waals surface area contributed by atoms with Crippen molar-refractivity contribution in [3.63, 3.8) is 0 Å². The van der Waals surface area contributed by atoms with Crippen LogP contribution in [0.2, 0.25) is 0 Å². The van der Waals surface area contributed by atoms with Gasteiger partial charge >= 0.3 is 12.5 Å². The molecule has 0 unspecified atom stereocenters. The molecular weight excluding hydrogens is 379 g/mol. The minimum atomic E-state index is -4.86. The molecule has 0 bridgehead atoms. The molecule has 0 amide bonds. The van der Waals surface area contributed by atoms with E-state index in [2.05, 4.69) is 4.74 Å². The summed E-state index contributed by atoms with van der Waals surface area (Å²) in [5.41, 5.74) is 4.60. The lowest BCUT2D eigenvalue weighted by Gasteiger charge is -2.16. The highest BCUT2D eigenvalue weighted by atomic mass is 35.5. The summed E-state index contributed by atoms with van der Waals surface area (Å²) >= 11 is 0. The van der Waals surface area contributed by atoms with Gasteiger partial charge in [-0.2, -0.15) is 13.2 Å². The van der Waals surface area contributed by atoms with E-state index in [1.807, 2.05) is 0 Å². The van der Waals surface area contributed by atoms with Gasteiger partial charge < -0.3 is 10.5 Å². The topological polar surface area (TPSA) is 35.2 Å². The lowest BCUT2D eigenvalue weighted by Crippen LogP contribution is -2.17. The molecule has 2 aromatic rings. The normalized spacial score (nSPS) is 13.1. The van der Waals surface area contributed by atoms with Crippen LogP contribution in [0.5, 0.6) is 5.75 Å². The first-order chi connectivity index (χ1) is 11.0. The fraction of sp³-hybridized carbons (Fsp3) is 0.200. The number of rotatable bonds is 3. The van der Waals surface area contributed by atoms with Gasteiger partial charge in [-0.3, -0.25) is 0 Å². The number of ether oxygens (including phenoxy) is 1. The van der Waals surface area contributed by atoms with Crippen LogP contribution in [0.15, 0.2) is 42.5 Å². The Morgan fingerprint density at radius 3 is 1.88 bits per heavy atom. The highest BCUT2D eigenvalue weighted by Gasteiger charge is 2.32. The van der Waals surface area contributed by atoms with E-state index in [0.717, 1.165) is 18.2 Å². The quantitative estimate of drug-likeness (QED) is 0.731. The Bertz CT molecular complexity index is 713. The zero-order valence-corrected chi connectivity index (χ0v) is 13.0.